The van der Waals surface area contributed by atoms with Crippen molar-refractivity contribution in [3.05, 3.63) is 84.9 Å². The van der Waals surface area contributed by atoms with E-state index in [1.165, 1.54) is 22.3 Å². The van der Waals surface area contributed by atoms with E-state index in [-0.39, 0.29) is 0 Å². The predicted octanol–water partition coefficient (Wildman–Crippen LogP) is 4.62. The molecule has 84 valence electrons. The molecule has 0 spiro atoms. The summed E-state index contributed by atoms with van der Waals surface area (Å²) in [5.74, 6) is 0. The maximum Gasteiger partial charge on any atom is -0.0178 e. The highest BCUT2D eigenvalue weighted by molar-refractivity contribution is 5.70. The lowest BCUT2D eigenvalue weighted by atomic mass is 10.0. The first kappa shape index (κ1) is 10.8. The van der Waals surface area contributed by atoms with E-state index in [9.17, 15) is 0 Å². The molecule has 0 aromatic heterocycles. The predicted molar refractivity (Wildman–Crippen MR) is 75.0 cm³/mol. The Morgan fingerprint density at radius 2 is 0.944 bits per heavy atom. The zero-order valence-corrected chi connectivity index (χ0v) is 9.93. The van der Waals surface area contributed by atoms with Gasteiger partial charge in [0.15, 0.2) is 0 Å². The molecule has 2 radical (unpaired) electrons. The summed E-state index contributed by atoms with van der Waals surface area (Å²) in [7, 11) is 0. The topological polar surface area (TPSA) is 0 Å². The lowest BCUT2D eigenvalue weighted by Gasteiger charge is -2.04. The molecule has 0 unspecified atom stereocenters. The highest BCUT2D eigenvalue weighted by Crippen LogP contribution is 2.24. The van der Waals surface area contributed by atoms with Crippen LogP contribution < -0.4 is 0 Å². The molecule has 0 saturated carbocycles. The molecule has 3 rings (SSSR count). The van der Waals surface area contributed by atoms with E-state index in [1.807, 2.05) is 36.4 Å². The Hall–Kier alpha value is -2.34. The molecule has 0 aliphatic rings. The second-order valence-corrected chi connectivity index (χ2v) is 4.16. The van der Waals surface area contributed by atoms with Gasteiger partial charge in [0.1, 0.15) is 0 Å². The Labute approximate surface area is 108 Å². The van der Waals surface area contributed by atoms with Gasteiger partial charge in [-0.1, -0.05) is 60.7 Å². The third-order valence-corrected chi connectivity index (χ3v) is 2.97. The van der Waals surface area contributed by atoms with E-state index in [2.05, 4.69) is 48.5 Å². The first-order chi connectivity index (χ1) is 8.93. The summed E-state index contributed by atoms with van der Waals surface area (Å²) in [4.78, 5) is 0. The Morgan fingerprint density at radius 3 is 1.28 bits per heavy atom. The molecule has 18 heavy (non-hydrogen) atoms. The molecule has 3 aromatic rings. The summed E-state index contributed by atoms with van der Waals surface area (Å²) >= 11 is 0. The van der Waals surface area contributed by atoms with Gasteiger partial charge in [0.05, 0.1) is 0 Å². The lowest BCUT2D eigenvalue weighted by Crippen LogP contribution is -1.79. The molecule has 0 heteroatoms. The molecule has 0 aliphatic heterocycles. The van der Waals surface area contributed by atoms with Crippen LogP contribution in [0.2, 0.25) is 0 Å². The fourth-order valence-electron chi connectivity index (χ4n) is 2.00. The van der Waals surface area contributed by atoms with E-state index in [1.54, 1.807) is 0 Å². The number of rotatable bonds is 2. The molecular formula is C18H12. The van der Waals surface area contributed by atoms with Crippen molar-refractivity contribution < 1.29 is 0 Å². The van der Waals surface area contributed by atoms with Crippen molar-refractivity contribution in [2.45, 2.75) is 0 Å². The smallest absolute Gasteiger partial charge is 0.0178 e. The lowest BCUT2D eigenvalue weighted by molar-refractivity contribution is 1.58. The van der Waals surface area contributed by atoms with Crippen LogP contribution in [0.1, 0.15) is 0 Å². The maximum absolute atomic E-state index is 3.10. The fourth-order valence-corrected chi connectivity index (χ4v) is 2.00. The van der Waals surface area contributed by atoms with Crippen molar-refractivity contribution in [2.75, 3.05) is 0 Å². The molecule has 0 heterocycles. The monoisotopic (exact) mass is 228 g/mol. The van der Waals surface area contributed by atoms with Gasteiger partial charge in [-0.15, -0.1) is 0 Å². The van der Waals surface area contributed by atoms with Gasteiger partial charge in [-0.05, 0) is 46.5 Å². The first-order valence-corrected chi connectivity index (χ1v) is 5.96. The van der Waals surface area contributed by atoms with Crippen molar-refractivity contribution in [2.24, 2.45) is 0 Å². The van der Waals surface area contributed by atoms with Crippen molar-refractivity contribution in [1.82, 2.24) is 0 Å². The number of hydrogen-bond donors (Lipinski definition) is 0. The van der Waals surface area contributed by atoms with Crippen molar-refractivity contribution in [3.63, 3.8) is 0 Å². The second kappa shape index (κ2) is 4.89. The van der Waals surface area contributed by atoms with Gasteiger partial charge in [0.2, 0.25) is 0 Å². The zero-order chi connectivity index (χ0) is 12.2. The summed E-state index contributed by atoms with van der Waals surface area (Å²) in [5.41, 5.74) is 4.83. The van der Waals surface area contributed by atoms with Gasteiger partial charge in [0.25, 0.3) is 0 Å². The van der Waals surface area contributed by atoms with E-state index < -0.39 is 0 Å². The Morgan fingerprint density at radius 1 is 0.500 bits per heavy atom. The number of benzene rings is 3. The minimum Gasteiger partial charge on any atom is -0.0610 e. The summed E-state index contributed by atoms with van der Waals surface area (Å²) in [6.07, 6.45) is 0. The van der Waals surface area contributed by atoms with Gasteiger partial charge in [0, 0.05) is 0 Å². The van der Waals surface area contributed by atoms with Crippen LogP contribution in [-0.4, -0.2) is 0 Å². The van der Waals surface area contributed by atoms with Crippen LogP contribution in [0.15, 0.2) is 72.8 Å². The molecule has 0 saturated heterocycles. The summed E-state index contributed by atoms with van der Waals surface area (Å²) in [6.45, 7) is 0. The van der Waals surface area contributed by atoms with E-state index in [4.69, 9.17) is 0 Å². The van der Waals surface area contributed by atoms with Crippen molar-refractivity contribution >= 4 is 0 Å². The molecule has 0 N–H and O–H groups in total. The van der Waals surface area contributed by atoms with Crippen LogP contribution in [0, 0.1) is 12.1 Å². The molecule has 0 amide bonds. The Bertz CT molecular complexity index is 549. The zero-order valence-electron chi connectivity index (χ0n) is 9.93. The Kier molecular flexibility index (Phi) is 2.93. The van der Waals surface area contributed by atoms with Crippen molar-refractivity contribution in [3.8, 4) is 22.3 Å². The molecule has 3 aromatic carbocycles. The minimum absolute atomic E-state index is 1.20. The van der Waals surface area contributed by atoms with Crippen LogP contribution in [0.25, 0.3) is 22.3 Å². The maximum atomic E-state index is 3.10. The molecular weight excluding hydrogens is 216 g/mol. The van der Waals surface area contributed by atoms with Gasteiger partial charge in [-0.25, -0.2) is 0 Å². The molecule has 0 atom stereocenters. The standard InChI is InChI=1S/C18H12/c1-3-7-15(8-4-1)17-11-13-18(14-12-17)16-9-5-2-6-10-16/h1-3,5,7-14H. The van der Waals surface area contributed by atoms with E-state index in [0.717, 1.165) is 0 Å². The second-order valence-electron chi connectivity index (χ2n) is 4.16. The summed E-state index contributed by atoms with van der Waals surface area (Å²) < 4.78 is 0. The van der Waals surface area contributed by atoms with Gasteiger partial charge in [-0.3, -0.25) is 0 Å². The van der Waals surface area contributed by atoms with Gasteiger partial charge >= 0.3 is 0 Å². The largest absolute Gasteiger partial charge is 0.0610 e. The molecule has 0 bridgehead atoms. The minimum atomic E-state index is 1.20. The highest BCUT2D eigenvalue weighted by Gasteiger charge is 1.99. The normalized spacial score (nSPS) is 10.2. The van der Waals surface area contributed by atoms with E-state index >= 15 is 0 Å². The third kappa shape index (κ3) is 2.18. The van der Waals surface area contributed by atoms with Gasteiger partial charge in [-0.2, -0.15) is 0 Å². The third-order valence-electron chi connectivity index (χ3n) is 2.97. The molecule has 0 nitrogen and oxygen atoms in total. The average molecular weight is 228 g/mol. The van der Waals surface area contributed by atoms with E-state index in [0.29, 0.717) is 0 Å². The Balaban J connectivity index is 1.95. The summed E-state index contributed by atoms with van der Waals surface area (Å²) in [6, 6.07) is 30.8. The quantitative estimate of drug-likeness (QED) is 0.600. The fraction of sp³-hybridized carbons (Fsp3) is 0. The van der Waals surface area contributed by atoms with Crippen LogP contribution in [0.3, 0.4) is 0 Å². The average Bonchev–Trinajstić information content (AvgIpc) is 2.49. The van der Waals surface area contributed by atoms with Crippen LogP contribution in [-0.2, 0) is 0 Å². The molecule has 0 aliphatic carbocycles. The van der Waals surface area contributed by atoms with Crippen molar-refractivity contribution in [1.29, 1.82) is 0 Å². The molecule has 0 fully saturated rings. The number of hydrogen-bond acceptors (Lipinski definition) is 0. The van der Waals surface area contributed by atoms with Crippen LogP contribution >= 0.6 is 0 Å². The SMILES string of the molecule is [c]1cccc(-c2ccc(-c3c[c]ccc3)cc2)c1. The van der Waals surface area contributed by atoms with Crippen LogP contribution in [0.4, 0.5) is 0 Å². The van der Waals surface area contributed by atoms with Gasteiger partial charge < -0.3 is 0 Å². The summed E-state index contributed by atoms with van der Waals surface area (Å²) in [5, 5.41) is 0. The highest BCUT2D eigenvalue weighted by atomic mass is 14.0. The van der Waals surface area contributed by atoms with Crippen LogP contribution in [0.5, 0.6) is 0 Å². The first-order valence-electron chi connectivity index (χ1n) is 5.96.